The van der Waals surface area contributed by atoms with E-state index in [1.807, 2.05) is 0 Å². The average molecular weight is 250 g/mol. The van der Waals surface area contributed by atoms with Gasteiger partial charge in [-0.1, -0.05) is 0 Å². The Morgan fingerprint density at radius 1 is 1.50 bits per heavy atom. The first-order chi connectivity index (χ1) is 8.77. The smallest absolute Gasteiger partial charge is 0.339 e. The van der Waals surface area contributed by atoms with Gasteiger partial charge in [0.25, 0.3) is 0 Å². The van der Waals surface area contributed by atoms with Crippen molar-refractivity contribution in [1.82, 2.24) is 15.2 Å². The molecule has 6 nitrogen and oxygen atoms in total. The van der Waals surface area contributed by atoms with Crippen molar-refractivity contribution >= 4 is 11.7 Å². The van der Waals surface area contributed by atoms with E-state index in [4.69, 9.17) is 5.11 Å². The molecule has 0 spiro atoms. The number of pyridine rings is 1. The van der Waals surface area contributed by atoms with Crippen LogP contribution < -0.4 is 10.6 Å². The van der Waals surface area contributed by atoms with Crippen LogP contribution >= 0.6 is 0 Å². The van der Waals surface area contributed by atoms with E-state index in [-0.39, 0.29) is 5.56 Å². The molecule has 2 rings (SSSR count). The minimum absolute atomic E-state index is 0.220. The van der Waals surface area contributed by atoms with Crippen LogP contribution in [0.3, 0.4) is 0 Å². The van der Waals surface area contributed by atoms with E-state index in [2.05, 4.69) is 20.5 Å². The SMILES string of the molecule is O=C(O)c1cnccc1NCCN1CCNCC1. The molecule has 1 aromatic rings. The van der Waals surface area contributed by atoms with Crippen LogP contribution in [0.4, 0.5) is 5.69 Å². The van der Waals surface area contributed by atoms with Crippen LogP contribution in [-0.2, 0) is 0 Å². The average Bonchev–Trinajstić information content (AvgIpc) is 2.40. The number of hydrogen-bond acceptors (Lipinski definition) is 5. The Labute approximate surface area is 106 Å². The molecule has 0 unspecified atom stereocenters. The molecule has 1 fully saturated rings. The van der Waals surface area contributed by atoms with Gasteiger partial charge < -0.3 is 15.7 Å². The van der Waals surface area contributed by atoms with E-state index in [1.165, 1.54) is 6.20 Å². The zero-order valence-electron chi connectivity index (χ0n) is 10.2. The van der Waals surface area contributed by atoms with E-state index in [0.717, 1.165) is 39.3 Å². The minimum Gasteiger partial charge on any atom is -0.478 e. The number of nitrogens with zero attached hydrogens (tertiary/aromatic N) is 2. The largest absolute Gasteiger partial charge is 0.478 e. The lowest BCUT2D eigenvalue weighted by Crippen LogP contribution is -2.45. The molecule has 0 saturated carbocycles. The number of rotatable bonds is 5. The molecule has 0 aromatic carbocycles. The molecule has 1 aliphatic heterocycles. The summed E-state index contributed by atoms with van der Waals surface area (Å²) in [7, 11) is 0. The number of carboxylic acid groups (broad SMARTS) is 1. The van der Waals surface area contributed by atoms with Crippen LogP contribution in [0.1, 0.15) is 10.4 Å². The van der Waals surface area contributed by atoms with Gasteiger partial charge in [0, 0.05) is 51.7 Å². The maximum atomic E-state index is 11.0. The van der Waals surface area contributed by atoms with Crippen molar-refractivity contribution in [3.63, 3.8) is 0 Å². The maximum Gasteiger partial charge on any atom is 0.339 e. The molecule has 1 aliphatic rings. The Morgan fingerprint density at radius 3 is 3.00 bits per heavy atom. The summed E-state index contributed by atoms with van der Waals surface area (Å²) >= 11 is 0. The van der Waals surface area contributed by atoms with E-state index in [0.29, 0.717) is 5.69 Å². The fourth-order valence-corrected chi connectivity index (χ4v) is 2.00. The lowest BCUT2D eigenvalue weighted by atomic mass is 10.2. The second-order valence-electron chi connectivity index (χ2n) is 4.24. The van der Waals surface area contributed by atoms with Crippen molar-refractivity contribution in [2.24, 2.45) is 0 Å². The first-order valence-corrected chi connectivity index (χ1v) is 6.11. The maximum absolute atomic E-state index is 11.0. The summed E-state index contributed by atoms with van der Waals surface area (Å²) < 4.78 is 0. The van der Waals surface area contributed by atoms with Crippen LogP contribution in [0.5, 0.6) is 0 Å². The Bertz CT molecular complexity index is 405. The van der Waals surface area contributed by atoms with Gasteiger partial charge in [0.15, 0.2) is 0 Å². The Morgan fingerprint density at radius 2 is 2.28 bits per heavy atom. The summed E-state index contributed by atoms with van der Waals surface area (Å²) in [5, 5.41) is 15.5. The van der Waals surface area contributed by atoms with Crippen LogP contribution in [0.15, 0.2) is 18.5 Å². The quantitative estimate of drug-likeness (QED) is 0.688. The highest BCUT2D eigenvalue weighted by atomic mass is 16.4. The normalized spacial score (nSPS) is 16.4. The monoisotopic (exact) mass is 250 g/mol. The van der Waals surface area contributed by atoms with Gasteiger partial charge in [0.2, 0.25) is 0 Å². The second kappa shape index (κ2) is 6.32. The Balaban J connectivity index is 1.84. The molecular formula is C12H18N4O2. The first kappa shape index (κ1) is 12.8. The number of aromatic nitrogens is 1. The molecule has 0 radical (unpaired) electrons. The van der Waals surface area contributed by atoms with Crippen molar-refractivity contribution in [2.45, 2.75) is 0 Å². The van der Waals surface area contributed by atoms with Gasteiger partial charge >= 0.3 is 5.97 Å². The lowest BCUT2D eigenvalue weighted by molar-refractivity contribution is 0.0697. The van der Waals surface area contributed by atoms with Crippen LogP contribution in [0.2, 0.25) is 0 Å². The van der Waals surface area contributed by atoms with Crippen molar-refractivity contribution in [3.05, 3.63) is 24.0 Å². The summed E-state index contributed by atoms with van der Waals surface area (Å²) in [5.74, 6) is -0.951. The number of carbonyl (C=O) groups is 1. The van der Waals surface area contributed by atoms with Crippen LogP contribution in [-0.4, -0.2) is 60.2 Å². The Hall–Kier alpha value is -1.66. The summed E-state index contributed by atoms with van der Waals surface area (Å²) in [4.78, 5) is 17.2. The fourth-order valence-electron chi connectivity index (χ4n) is 2.00. The fraction of sp³-hybridized carbons (Fsp3) is 0.500. The number of anilines is 1. The highest BCUT2D eigenvalue weighted by Gasteiger charge is 2.11. The minimum atomic E-state index is -0.951. The molecule has 0 aliphatic carbocycles. The van der Waals surface area contributed by atoms with Gasteiger partial charge in [-0.2, -0.15) is 0 Å². The summed E-state index contributed by atoms with van der Waals surface area (Å²) in [6, 6.07) is 1.70. The van der Waals surface area contributed by atoms with Crippen molar-refractivity contribution in [1.29, 1.82) is 0 Å². The molecule has 18 heavy (non-hydrogen) atoms. The highest BCUT2D eigenvalue weighted by Crippen LogP contribution is 2.12. The predicted octanol–water partition coefficient (Wildman–Crippen LogP) is 0.0969. The number of piperazine rings is 1. The van der Waals surface area contributed by atoms with Crippen LogP contribution in [0, 0.1) is 0 Å². The van der Waals surface area contributed by atoms with Crippen LogP contribution in [0.25, 0.3) is 0 Å². The van der Waals surface area contributed by atoms with Crippen molar-refractivity contribution in [3.8, 4) is 0 Å². The molecule has 3 N–H and O–H groups in total. The van der Waals surface area contributed by atoms with Crippen molar-refractivity contribution < 1.29 is 9.90 Å². The van der Waals surface area contributed by atoms with Gasteiger partial charge in [0.05, 0.1) is 5.69 Å². The topological polar surface area (TPSA) is 77.5 Å². The molecule has 0 bridgehead atoms. The van der Waals surface area contributed by atoms with Crippen molar-refractivity contribution in [2.75, 3.05) is 44.6 Å². The number of hydrogen-bond donors (Lipinski definition) is 3. The summed E-state index contributed by atoms with van der Waals surface area (Å²) in [5.41, 5.74) is 0.852. The third-order valence-corrected chi connectivity index (χ3v) is 3.00. The molecule has 1 saturated heterocycles. The summed E-state index contributed by atoms with van der Waals surface area (Å²) in [6.45, 7) is 5.80. The van der Waals surface area contributed by atoms with Gasteiger partial charge in [-0.25, -0.2) is 4.79 Å². The highest BCUT2D eigenvalue weighted by molar-refractivity contribution is 5.93. The zero-order chi connectivity index (χ0) is 12.8. The standard InChI is InChI=1S/C12H18N4O2/c17-12(18)10-9-14-2-1-11(10)15-5-8-16-6-3-13-4-7-16/h1-2,9,13H,3-8H2,(H,14,15)(H,17,18). The lowest BCUT2D eigenvalue weighted by Gasteiger charge is -2.27. The summed E-state index contributed by atoms with van der Waals surface area (Å²) in [6.07, 6.45) is 2.97. The number of nitrogens with one attached hydrogen (secondary N) is 2. The first-order valence-electron chi connectivity index (χ1n) is 6.11. The van der Waals surface area contributed by atoms with E-state index in [9.17, 15) is 4.79 Å². The second-order valence-corrected chi connectivity index (χ2v) is 4.24. The third kappa shape index (κ3) is 3.41. The number of aromatic carboxylic acids is 1. The van der Waals surface area contributed by atoms with Gasteiger partial charge in [-0.05, 0) is 6.07 Å². The molecule has 2 heterocycles. The predicted molar refractivity (Wildman–Crippen MR) is 69.0 cm³/mol. The molecular weight excluding hydrogens is 232 g/mol. The molecule has 98 valence electrons. The van der Waals surface area contributed by atoms with E-state index < -0.39 is 5.97 Å². The molecule has 0 atom stereocenters. The molecule has 0 amide bonds. The number of carboxylic acids is 1. The van der Waals surface area contributed by atoms with Gasteiger partial charge in [-0.15, -0.1) is 0 Å². The molecule has 6 heteroatoms. The molecule has 1 aromatic heterocycles. The Kier molecular flexibility index (Phi) is 4.49. The van der Waals surface area contributed by atoms with Gasteiger partial charge in [0.1, 0.15) is 5.56 Å². The zero-order valence-corrected chi connectivity index (χ0v) is 10.2. The van der Waals surface area contributed by atoms with E-state index in [1.54, 1.807) is 12.3 Å². The third-order valence-electron chi connectivity index (χ3n) is 3.00. The van der Waals surface area contributed by atoms with E-state index >= 15 is 0 Å². The van der Waals surface area contributed by atoms with Gasteiger partial charge in [-0.3, -0.25) is 9.88 Å².